The molecule has 0 bridgehead atoms. The Hall–Kier alpha value is -2.77. The third kappa shape index (κ3) is 4.78. The molecule has 4 nitrogen and oxygen atoms in total. The Morgan fingerprint density at radius 1 is 1.19 bits per heavy atom. The molecule has 2 aliphatic rings. The van der Waals surface area contributed by atoms with Gasteiger partial charge in [0.05, 0.1) is 12.6 Å². The molecule has 164 valence electrons. The lowest BCUT2D eigenvalue weighted by Crippen LogP contribution is -2.47. The molecule has 0 aliphatic carbocycles. The Bertz CT molecular complexity index is 958. The first-order valence-electron chi connectivity index (χ1n) is 10.2. The monoisotopic (exact) mass is 431 g/mol. The standard InChI is InChI=1S/C24H24F3NO3/c1-2-13-29-21-10-9-19(31-24(25,26)27)14-20(21)18-15-23(30-16-18)11-6-12-28-22(23)17-7-4-3-5-8-17/h2-5,7-10,14-15,22,28H,1,6,11-13,16H2/t22-,23+/m0/s1. The summed E-state index contributed by atoms with van der Waals surface area (Å²) < 4.78 is 54.5. The zero-order valence-corrected chi connectivity index (χ0v) is 17.0. The highest BCUT2D eigenvalue weighted by Crippen LogP contribution is 2.45. The summed E-state index contributed by atoms with van der Waals surface area (Å²) in [4.78, 5) is 0. The minimum atomic E-state index is -4.77. The van der Waals surface area contributed by atoms with E-state index in [2.05, 4.69) is 28.8 Å². The summed E-state index contributed by atoms with van der Waals surface area (Å²) in [6.07, 6.45) is 0.592. The van der Waals surface area contributed by atoms with Gasteiger partial charge in [-0.2, -0.15) is 0 Å². The smallest absolute Gasteiger partial charge is 0.489 e. The van der Waals surface area contributed by atoms with Crippen LogP contribution in [-0.4, -0.2) is 31.7 Å². The molecule has 2 aliphatic heterocycles. The summed E-state index contributed by atoms with van der Waals surface area (Å²) in [6, 6.07) is 14.1. The normalized spacial score (nSPS) is 23.5. The number of ether oxygens (including phenoxy) is 3. The second kappa shape index (κ2) is 8.77. The lowest BCUT2D eigenvalue weighted by Gasteiger charge is -2.40. The van der Waals surface area contributed by atoms with E-state index in [0.29, 0.717) is 11.3 Å². The summed E-state index contributed by atoms with van der Waals surface area (Å²) in [5.74, 6) is 0.165. The van der Waals surface area contributed by atoms with Gasteiger partial charge in [-0.1, -0.05) is 43.0 Å². The SMILES string of the molecule is C=CCOc1ccc(OC(F)(F)F)cc1C1=C[C@@]2(CCCN[C@H]2c2ccccc2)OC1. The average molecular weight is 431 g/mol. The summed E-state index contributed by atoms with van der Waals surface area (Å²) in [7, 11) is 0. The van der Waals surface area contributed by atoms with Gasteiger partial charge >= 0.3 is 6.36 Å². The van der Waals surface area contributed by atoms with Crippen LogP contribution in [0.1, 0.15) is 30.0 Å². The van der Waals surface area contributed by atoms with Gasteiger partial charge in [-0.25, -0.2) is 0 Å². The number of nitrogens with one attached hydrogen (secondary N) is 1. The van der Waals surface area contributed by atoms with Crippen LogP contribution in [0.3, 0.4) is 0 Å². The molecule has 2 atom stereocenters. The first-order chi connectivity index (χ1) is 14.9. The van der Waals surface area contributed by atoms with Gasteiger partial charge in [-0.15, -0.1) is 13.2 Å². The largest absolute Gasteiger partial charge is 0.573 e. The Morgan fingerprint density at radius 3 is 2.74 bits per heavy atom. The first kappa shape index (κ1) is 21.5. The fourth-order valence-electron chi connectivity index (χ4n) is 4.26. The van der Waals surface area contributed by atoms with Crippen LogP contribution in [0.2, 0.25) is 0 Å². The highest BCUT2D eigenvalue weighted by Gasteiger charge is 2.44. The van der Waals surface area contributed by atoms with Crippen LogP contribution in [0.25, 0.3) is 5.57 Å². The molecule has 31 heavy (non-hydrogen) atoms. The van der Waals surface area contributed by atoms with Crippen LogP contribution in [0.15, 0.2) is 67.3 Å². The van der Waals surface area contributed by atoms with Gasteiger partial charge in [0.2, 0.25) is 0 Å². The number of rotatable bonds is 6. The summed E-state index contributed by atoms with van der Waals surface area (Å²) in [6.45, 7) is 5.01. The molecule has 1 N–H and O–H groups in total. The second-order valence-electron chi connectivity index (χ2n) is 7.62. The molecule has 2 aromatic rings. The van der Waals surface area contributed by atoms with Crippen molar-refractivity contribution >= 4 is 5.57 Å². The van der Waals surface area contributed by atoms with Crippen LogP contribution < -0.4 is 14.8 Å². The van der Waals surface area contributed by atoms with Crippen molar-refractivity contribution in [2.45, 2.75) is 30.8 Å². The fraction of sp³-hybridized carbons (Fsp3) is 0.333. The number of hydrogen-bond donors (Lipinski definition) is 1. The minimum absolute atomic E-state index is 0.0490. The van der Waals surface area contributed by atoms with Crippen molar-refractivity contribution in [2.24, 2.45) is 0 Å². The van der Waals surface area contributed by atoms with E-state index in [0.717, 1.165) is 30.5 Å². The second-order valence-corrected chi connectivity index (χ2v) is 7.62. The molecule has 0 saturated carbocycles. The molecular weight excluding hydrogens is 407 g/mol. The van der Waals surface area contributed by atoms with E-state index in [9.17, 15) is 13.2 Å². The van der Waals surface area contributed by atoms with E-state index >= 15 is 0 Å². The van der Waals surface area contributed by atoms with Crippen molar-refractivity contribution in [2.75, 3.05) is 19.8 Å². The number of halogens is 3. The molecule has 2 heterocycles. The number of alkyl halides is 3. The molecule has 0 aromatic heterocycles. The molecule has 1 spiro atoms. The summed E-state index contributed by atoms with van der Waals surface area (Å²) in [5, 5.41) is 3.54. The topological polar surface area (TPSA) is 39.7 Å². The van der Waals surface area contributed by atoms with Gasteiger partial charge in [-0.3, -0.25) is 0 Å². The van der Waals surface area contributed by atoms with Gasteiger partial charge in [0, 0.05) is 5.56 Å². The number of benzene rings is 2. The maximum atomic E-state index is 12.8. The molecule has 1 saturated heterocycles. The van der Waals surface area contributed by atoms with Gasteiger partial charge in [-0.05, 0) is 54.8 Å². The van der Waals surface area contributed by atoms with Gasteiger partial charge in [0.25, 0.3) is 0 Å². The number of piperidine rings is 1. The molecular formula is C24H24F3NO3. The van der Waals surface area contributed by atoms with E-state index < -0.39 is 12.0 Å². The predicted octanol–water partition coefficient (Wildman–Crippen LogP) is 5.43. The van der Waals surface area contributed by atoms with Crippen molar-refractivity contribution in [1.82, 2.24) is 5.32 Å². The summed E-state index contributed by atoms with van der Waals surface area (Å²) >= 11 is 0. The predicted molar refractivity (Wildman–Crippen MR) is 112 cm³/mol. The number of hydrogen-bond acceptors (Lipinski definition) is 4. The zero-order valence-electron chi connectivity index (χ0n) is 17.0. The van der Waals surface area contributed by atoms with Gasteiger partial charge in [0.15, 0.2) is 0 Å². The van der Waals surface area contributed by atoms with E-state index in [4.69, 9.17) is 9.47 Å². The van der Waals surface area contributed by atoms with Crippen molar-refractivity contribution in [3.8, 4) is 11.5 Å². The summed E-state index contributed by atoms with van der Waals surface area (Å²) in [5.41, 5.74) is 1.83. The van der Waals surface area contributed by atoms with E-state index in [1.54, 1.807) is 6.08 Å². The van der Waals surface area contributed by atoms with E-state index in [1.165, 1.54) is 18.2 Å². The Labute approximate surface area is 179 Å². The maximum absolute atomic E-state index is 12.8. The van der Waals surface area contributed by atoms with Crippen LogP contribution in [0, 0.1) is 0 Å². The molecule has 0 radical (unpaired) electrons. The van der Waals surface area contributed by atoms with Crippen molar-refractivity contribution < 1.29 is 27.4 Å². The van der Waals surface area contributed by atoms with Crippen LogP contribution in [0.5, 0.6) is 11.5 Å². The highest BCUT2D eigenvalue weighted by atomic mass is 19.4. The fourth-order valence-corrected chi connectivity index (χ4v) is 4.26. The molecule has 1 fully saturated rings. The zero-order chi connectivity index (χ0) is 21.9. The van der Waals surface area contributed by atoms with Gasteiger partial charge < -0.3 is 19.5 Å². The molecule has 0 unspecified atom stereocenters. The lowest BCUT2D eigenvalue weighted by atomic mass is 9.81. The first-order valence-corrected chi connectivity index (χ1v) is 10.2. The molecule has 7 heteroatoms. The Morgan fingerprint density at radius 2 is 2.00 bits per heavy atom. The van der Waals surface area contributed by atoms with Crippen LogP contribution >= 0.6 is 0 Å². The van der Waals surface area contributed by atoms with Crippen LogP contribution in [0.4, 0.5) is 13.2 Å². The average Bonchev–Trinajstić information content (AvgIpc) is 3.16. The maximum Gasteiger partial charge on any atom is 0.573 e. The third-order valence-corrected chi connectivity index (χ3v) is 5.52. The highest BCUT2D eigenvalue weighted by molar-refractivity contribution is 5.75. The lowest BCUT2D eigenvalue weighted by molar-refractivity contribution is -0.274. The van der Waals surface area contributed by atoms with Gasteiger partial charge in [0.1, 0.15) is 23.7 Å². The van der Waals surface area contributed by atoms with E-state index in [-0.39, 0.29) is 25.0 Å². The molecule has 2 aromatic carbocycles. The third-order valence-electron chi connectivity index (χ3n) is 5.52. The van der Waals surface area contributed by atoms with Crippen molar-refractivity contribution in [3.05, 3.63) is 78.4 Å². The Balaban J connectivity index is 1.72. The Kier molecular flexibility index (Phi) is 6.07. The van der Waals surface area contributed by atoms with Crippen molar-refractivity contribution in [1.29, 1.82) is 0 Å². The molecule has 0 amide bonds. The van der Waals surface area contributed by atoms with Crippen molar-refractivity contribution in [3.63, 3.8) is 0 Å². The minimum Gasteiger partial charge on any atom is -0.489 e. The quantitative estimate of drug-likeness (QED) is 0.620. The molecule has 4 rings (SSSR count). The van der Waals surface area contributed by atoms with Crippen LogP contribution in [-0.2, 0) is 4.74 Å². The van der Waals surface area contributed by atoms with E-state index in [1.807, 2.05) is 24.3 Å².